The van der Waals surface area contributed by atoms with Gasteiger partial charge >= 0.3 is 0 Å². The fourth-order valence-corrected chi connectivity index (χ4v) is 1.34. The van der Waals surface area contributed by atoms with E-state index in [0.717, 1.165) is 11.8 Å². The number of hydrogen-bond acceptors (Lipinski definition) is 4. The van der Waals surface area contributed by atoms with Crippen LogP contribution in [0.3, 0.4) is 0 Å². The van der Waals surface area contributed by atoms with Crippen molar-refractivity contribution in [2.75, 3.05) is 5.73 Å². The van der Waals surface area contributed by atoms with Crippen molar-refractivity contribution in [2.24, 2.45) is 5.10 Å². The van der Waals surface area contributed by atoms with Crippen LogP contribution in [0.5, 0.6) is 5.75 Å². The highest BCUT2D eigenvalue weighted by Crippen LogP contribution is 2.13. The summed E-state index contributed by atoms with van der Waals surface area (Å²) in [5.74, 6) is -0.445. The zero-order valence-corrected chi connectivity index (χ0v) is 9.13. The van der Waals surface area contributed by atoms with Gasteiger partial charge in [-0.2, -0.15) is 5.10 Å². The van der Waals surface area contributed by atoms with E-state index in [9.17, 15) is 4.39 Å². The molecule has 0 bridgehead atoms. The molecule has 1 aromatic carbocycles. The summed E-state index contributed by atoms with van der Waals surface area (Å²) in [6.07, 6.45) is 2.94. The van der Waals surface area contributed by atoms with Crippen molar-refractivity contribution in [2.45, 2.75) is 6.92 Å². The minimum absolute atomic E-state index is 0.127. The van der Waals surface area contributed by atoms with Crippen LogP contribution in [0.4, 0.5) is 10.3 Å². The lowest BCUT2D eigenvalue weighted by Gasteiger charge is -1.98. The zero-order valence-electron chi connectivity index (χ0n) is 9.13. The second-order valence-electron chi connectivity index (χ2n) is 3.54. The normalized spacial score (nSPS) is 11.2. The molecule has 3 N–H and O–H groups in total. The maximum Gasteiger partial charge on any atom is 0.221 e. The predicted molar refractivity (Wildman–Crippen MR) is 62.4 cm³/mol. The van der Waals surface area contributed by atoms with Gasteiger partial charge in [0.2, 0.25) is 5.95 Å². The largest absolute Gasteiger partial charge is 0.508 e. The summed E-state index contributed by atoms with van der Waals surface area (Å²) in [7, 11) is 0. The minimum atomic E-state index is -0.552. The number of aromatic hydroxyl groups is 1. The number of phenolic OH excluding ortho intramolecular Hbond substituents is 1. The van der Waals surface area contributed by atoms with Gasteiger partial charge in [-0.1, -0.05) is 0 Å². The number of nitrogens with zero attached hydrogens (tertiary/aromatic N) is 3. The van der Waals surface area contributed by atoms with Crippen molar-refractivity contribution in [3.05, 3.63) is 41.5 Å². The molecule has 0 amide bonds. The lowest BCUT2D eigenvalue weighted by Crippen LogP contribution is -1.97. The standard InChI is InChI=1S/C11H11FN4O/c1-7-6-16(11(13)15-7)14-5-8-2-3-9(17)4-10(8)12/h2-6,17H,1H3,(H2,13,15). The lowest BCUT2D eigenvalue weighted by atomic mass is 10.2. The molecule has 0 saturated heterocycles. The van der Waals surface area contributed by atoms with Gasteiger partial charge in [0.05, 0.1) is 18.1 Å². The summed E-state index contributed by atoms with van der Waals surface area (Å²) >= 11 is 0. The number of nitrogens with two attached hydrogens (primary N) is 1. The van der Waals surface area contributed by atoms with Gasteiger partial charge in [-0.05, 0) is 19.1 Å². The smallest absolute Gasteiger partial charge is 0.221 e. The number of anilines is 1. The molecule has 88 valence electrons. The van der Waals surface area contributed by atoms with Gasteiger partial charge in [0.1, 0.15) is 11.6 Å². The number of hydrogen-bond donors (Lipinski definition) is 2. The van der Waals surface area contributed by atoms with Crippen molar-refractivity contribution >= 4 is 12.2 Å². The zero-order chi connectivity index (χ0) is 12.4. The van der Waals surface area contributed by atoms with Crippen molar-refractivity contribution in [3.63, 3.8) is 0 Å². The van der Waals surface area contributed by atoms with Crippen molar-refractivity contribution in [3.8, 4) is 5.75 Å². The van der Waals surface area contributed by atoms with Crippen LogP contribution in [0.1, 0.15) is 11.3 Å². The lowest BCUT2D eigenvalue weighted by molar-refractivity contribution is 0.469. The highest BCUT2D eigenvalue weighted by Gasteiger charge is 2.02. The second-order valence-corrected chi connectivity index (χ2v) is 3.54. The van der Waals surface area contributed by atoms with Crippen LogP contribution in [0.25, 0.3) is 0 Å². The number of benzene rings is 1. The molecular weight excluding hydrogens is 223 g/mol. The second kappa shape index (κ2) is 4.25. The molecular formula is C11H11FN4O. The Hall–Kier alpha value is -2.37. The minimum Gasteiger partial charge on any atom is -0.508 e. The van der Waals surface area contributed by atoms with E-state index in [2.05, 4.69) is 10.1 Å². The third kappa shape index (κ3) is 2.41. The fraction of sp³-hybridized carbons (Fsp3) is 0.0909. The molecule has 0 saturated carbocycles. The van der Waals surface area contributed by atoms with Gasteiger partial charge in [0.15, 0.2) is 0 Å². The van der Waals surface area contributed by atoms with Crippen LogP contribution in [0.15, 0.2) is 29.5 Å². The van der Waals surface area contributed by atoms with E-state index >= 15 is 0 Å². The van der Waals surface area contributed by atoms with E-state index in [1.54, 1.807) is 13.1 Å². The average molecular weight is 234 g/mol. The molecule has 0 radical (unpaired) electrons. The third-order valence-electron chi connectivity index (χ3n) is 2.14. The number of halogens is 1. The molecule has 0 spiro atoms. The first-order valence-electron chi connectivity index (χ1n) is 4.90. The summed E-state index contributed by atoms with van der Waals surface area (Å²) < 4.78 is 14.7. The van der Waals surface area contributed by atoms with Crippen molar-refractivity contribution in [1.29, 1.82) is 0 Å². The monoisotopic (exact) mass is 234 g/mol. The molecule has 6 heteroatoms. The molecule has 0 aliphatic carbocycles. The van der Waals surface area contributed by atoms with Crippen molar-refractivity contribution < 1.29 is 9.50 Å². The van der Waals surface area contributed by atoms with E-state index < -0.39 is 5.82 Å². The number of imidazole rings is 1. The Morgan fingerprint density at radius 3 is 2.88 bits per heavy atom. The maximum atomic E-state index is 13.4. The Morgan fingerprint density at radius 2 is 2.29 bits per heavy atom. The molecule has 0 aliphatic rings. The van der Waals surface area contributed by atoms with Gasteiger partial charge < -0.3 is 10.8 Å². The van der Waals surface area contributed by atoms with Gasteiger partial charge in [-0.25, -0.2) is 14.1 Å². The quantitative estimate of drug-likeness (QED) is 0.773. The summed E-state index contributed by atoms with van der Waals surface area (Å²) in [5.41, 5.74) is 6.56. The predicted octanol–water partition coefficient (Wildman–Crippen LogP) is 1.50. The molecule has 1 heterocycles. The Bertz CT molecular complexity index is 577. The summed E-state index contributed by atoms with van der Waals surface area (Å²) in [6.45, 7) is 1.78. The Morgan fingerprint density at radius 1 is 1.53 bits per heavy atom. The summed E-state index contributed by atoms with van der Waals surface area (Å²) in [4.78, 5) is 3.95. The van der Waals surface area contributed by atoms with Crippen LogP contribution in [-0.4, -0.2) is 21.0 Å². The molecule has 2 rings (SSSR count). The molecule has 0 fully saturated rings. The van der Waals surface area contributed by atoms with Gasteiger partial charge in [0.25, 0.3) is 0 Å². The van der Waals surface area contributed by atoms with E-state index in [-0.39, 0.29) is 17.3 Å². The van der Waals surface area contributed by atoms with Crippen LogP contribution >= 0.6 is 0 Å². The van der Waals surface area contributed by atoms with Crippen LogP contribution in [0.2, 0.25) is 0 Å². The van der Waals surface area contributed by atoms with Crippen LogP contribution in [0, 0.1) is 12.7 Å². The topological polar surface area (TPSA) is 76.4 Å². The van der Waals surface area contributed by atoms with Gasteiger partial charge in [-0.15, -0.1) is 0 Å². The van der Waals surface area contributed by atoms with Crippen LogP contribution in [-0.2, 0) is 0 Å². The number of aromatic nitrogens is 2. The van der Waals surface area contributed by atoms with E-state index in [0.29, 0.717) is 0 Å². The fourth-order valence-electron chi connectivity index (χ4n) is 1.34. The van der Waals surface area contributed by atoms with E-state index in [1.807, 2.05) is 0 Å². The van der Waals surface area contributed by atoms with Gasteiger partial charge in [-0.3, -0.25) is 0 Å². The Balaban J connectivity index is 2.29. The van der Waals surface area contributed by atoms with Crippen molar-refractivity contribution in [1.82, 2.24) is 9.66 Å². The summed E-state index contributed by atoms with van der Waals surface area (Å²) in [5, 5.41) is 13.0. The average Bonchev–Trinajstić information content (AvgIpc) is 2.56. The highest BCUT2D eigenvalue weighted by atomic mass is 19.1. The maximum absolute atomic E-state index is 13.4. The van der Waals surface area contributed by atoms with Gasteiger partial charge in [0, 0.05) is 11.6 Å². The molecule has 5 nitrogen and oxygen atoms in total. The molecule has 0 unspecified atom stereocenters. The third-order valence-corrected chi connectivity index (χ3v) is 2.14. The molecule has 2 aromatic rings. The summed E-state index contributed by atoms with van der Waals surface area (Å²) in [6, 6.07) is 3.82. The number of aryl methyl sites for hydroxylation is 1. The van der Waals surface area contributed by atoms with E-state index in [1.165, 1.54) is 23.0 Å². The van der Waals surface area contributed by atoms with Crippen LogP contribution < -0.4 is 5.73 Å². The SMILES string of the molecule is Cc1cn(N=Cc2ccc(O)cc2F)c(N)n1. The number of nitrogen functional groups attached to an aromatic ring is 1. The molecule has 17 heavy (non-hydrogen) atoms. The molecule has 1 aromatic heterocycles. The van der Waals surface area contributed by atoms with E-state index in [4.69, 9.17) is 10.8 Å². The Kier molecular flexibility index (Phi) is 2.78. The molecule has 0 aliphatic heterocycles. The highest BCUT2D eigenvalue weighted by molar-refractivity contribution is 5.80. The first-order valence-corrected chi connectivity index (χ1v) is 4.90. The number of phenols is 1. The molecule has 0 atom stereocenters. The first kappa shape index (κ1) is 11.1. The number of rotatable bonds is 2. The first-order chi connectivity index (χ1) is 8.06. The Labute approximate surface area is 97.0 Å².